The van der Waals surface area contributed by atoms with Crippen LogP contribution in [-0.2, 0) is 22.3 Å². The van der Waals surface area contributed by atoms with Crippen molar-refractivity contribution in [2.24, 2.45) is 0 Å². The summed E-state index contributed by atoms with van der Waals surface area (Å²) >= 11 is 0. The lowest BCUT2D eigenvalue weighted by Gasteiger charge is -2.34. The van der Waals surface area contributed by atoms with Gasteiger partial charge in [-0.25, -0.2) is 8.42 Å². The van der Waals surface area contributed by atoms with E-state index in [1.807, 2.05) is 49.4 Å². The van der Waals surface area contributed by atoms with E-state index in [2.05, 4.69) is 17.0 Å². The number of sulfonamides is 1. The monoisotopic (exact) mass is 344 g/mol. The van der Waals surface area contributed by atoms with Gasteiger partial charge in [-0.15, -0.1) is 0 Å². The van der Waals surface area contributed by atoms with Crippen LogP contribution in [0.4, 0.5) is 0 Å². The molecule has 24 heavy (non-hydrogen) atoms. The van der Waals surface area contributed by atoms with Crippen LogP contribution in [0.1, 0.15) is 16.7 Å². The Bertz CT molecular complexity index is 750. The van der Waals surface area contributed by atoms with Crippen LogP contribution in [0, 0.1) is 6.92 Å². The van der Waals surface area contributed by atoms with E-state index >= 15 is 0 Å². The normalized spacial score (nSPS) is 17.0. The number of piperazine rings is 1. The van der Waals surface area contributed by atoms with Crippen LogP contribution in [0.15, 0.2) is 54.6 Å². The molecule has 0 bridgehead atoms. The van der Waals surface area contributed by atoms with Gasteiger partial charge in [0.25, 0.3) is 0 Å². The fourth-order valence-corrected chi connectivity index (χ4v) is 4.51. The molecule has 4 nitrogen and oxygen atoms in total. The molecule has 0 unspecified atom stereocenters. The van der Waals surface area contributed by atoms with Gasteiger partial charge < -0.3 is 0 Å². The Labute approximate surface area is 144 Å². The summed E-state index contributed by atoms with van der Waals surface area (Å²) in [5.41, 5.74) is 3.27. The lowest BCUT2D eigenvalue weighted by molar-refractivity contribution is 0.181. The molecule has 5 heteroatoms. The third-order valence-corrected chi connectivity index (χ3v) is 6.29. The van der Waals surface area contributed by atoms with Crippen LogP contribution >= 0.6 is 0 Å². The van der Waals surface area contributed by atoms with Crippen LogP contribution in [0.2, 0.25) is 0 Å². The van der Waals surface area contributed by atoms with Crippen molar-refractivity contribution in [3.63, 3.8) is 0 Å². The average Bonchev–Trinajstić information content (AvgIpc) is 2.58. The van der Waals surface area contributed by atoms with Crippen LogP contribution in [0.25, 0.3) is 0 Å². The van der Waals surface area contributed by atoms with Crippen molar-refractivity contribution in [2.45, 2.75) is 19.2 Å². The zero-order valence-electron chi connectivity index (χ0n) is 14.1. The molecule has 0 N–H and O–H groups in total. The molecular weight excluding hydrogens is 320 g/mol. The first-order chi connectivity index (χ1) is 11.5. The number of hydrogen-bond donors (Lipinski definition) is 0. The second-order valence-corrected chi connectivity index (χ2v) is 8.37. The molecule has 2 aromatic carbocycles. The zero-order valence-corrected chi connectivity index (χ0v) is 14.9. The second kappa shape index (κ2) is 7.47. The molecule has 0 aliphatic carbocycles. The molecule has 1 heterocycles. The quantitative estimate of drug-likeness (QED) is 0.837. The molecule has 128 valence electrons. The smallest absolute Gasteiger partial charge is 0.218 e. The summed E-state index contributed by atoms with van der Waals surface area (Å²) in [4.78, 5) is 2.31. The van der Waals surface area contributed by atoms with Gasteiger partial charge >= 0.3 is 0 Å². The molecule has 0 amide bonds. The van der Waals surface area contributed by atoms with Gasteiger partial charge in [0, 0.05) is 32.7 Å². The van der Waals surface area contributed by atoms with Crippen molar-refractivity contribution in [2.75, 3.05) is 26.2 Å². The van der Waals surface area contributed by atoms with Crippen molar-refractivity contribution in [1.82, 2.24) is 9.21 Å². The Morgan fingerprint density at radius 2 is 1.46 bits per heavy atom. The molecule has 0 saturated carbocycles. The molecular formula is C19H24N2O2S. The molecule has 0 aromatic heterocycles. The Kier molecular flexibility index (Phi) is 5.33. The lowest BCUT2D eigenvalue weighted by atomic mass is 10.2. The third kappa shape index (κ3) is 4.44. The number of benzene rings is 2. The third-order valence-electron chi connectivity index (χ3n) is 4.44. The van der Waals surface area contributed by atoms with E-state index in [0.29, 0.717) is 13.1 Å². The first-order valence-corrected chi connectivity index (χ1v) is 9.93. The maximum atomic E-state index is 12.6. The minimum absolute atomic E-state index is 0.0893. The molecule has 0 atom stereocenters. The zero-order chi connectivity index (χ0) is 17.0. The van der Waals surface area contributed by atoms with Crippen LogP contribution in [-0.4, -0.2) is 43.8 Å². The van der Waals surface area contributed by atoms with Crippen molar-refractivity contribution >= 4 is 10.0 Å². The number of aryl methyl sites for hydroxylation is 1. The molecule has 1 fully saturated rings. The van der Waals surface area contributed by atoms with Gasteiger partial charge in [0.2, 0.25) is 10.0 Å². The summed E-state index contributed by atoms with van der Waals surface area (Å²) in [6.45, 7) is 5.59. The van der Waals surface area contributed by atoms with Crippen LogP contribution < -0.4 is 0 Å². The van der Waals surface area contributed by atoms with E-state index in [1.165, 1.54) is 5.56 Å². The molecule has 1 saturated heterocycles. The Morgan fingerprint density at radius 1 is 0.833 bits per heavy atom. The van der Waals surface area contributed by atoms with E-state index in [1.54, 1.807) is 4.31 Å². The lowest BCUT2D eigenvalue weighted by Crippen LogP contribution is -2.48. The fraction of sp³-hybridized carbons (Fsp3) is 0.368. The van der Waals surface area contributed by atoms with E-state index < -0.39 is 10.0 Å². The second-order valence-electron chi connectivity index (χ2n) is 6.40. The van der Waals surface area contributed by atoms with Crippen LogP contribution in [0.5, 0.6) is 0 Å². The van der Waals surface area contributed by atoms with Gasteiger partial charge in [0.05, 0.1) is 5.75 Å². The van der Waals surface area contributed by atoms with Crippen molar-refractivity contribution in [1.29, 1.82) is 0 Å². The van der Waals surface area contributed by atoms with Crippen molar-refractivity contribution < 1.29 is 8.42 Å². The summed E-state index contributed by atoms with van der Waals surface area (Å²) in [5.74, 6) is 0.0893. The summed E-state index contributed by atoms with van der Waals surface area (Å²) in [6.07, 6.45) is 0. The Balaban J connectivity index is 1.56. The summed E-state index contributed by atoms with van der Waals surface area (Å²) in [6, 6.07) is 18.0. The standard InChI is InChI=1S/C19H24N2O2S/c1-17-7-9-19(10-8-17)16-24(22,23)21-13-11-20(12-14-21)15-18-5-3-2-4-6-18/h2-10H,11-16H2,1H3. The Hall–Kier alpha value is -1.69. The summed E-state index contributed by atoms with van der Waals surface area (Å²) in [5, 5.41) is 0. The minimum atomic E-state index is -3.24. The highest BCUT2D eigenvalue weighted by molar-refractivity contribution is 7.88. The van der Waals surface area contributed by atoms with Crippen LogP contribution in [0.3, 0.4) is 0 Å². The van der Waals surface area contributed by atoms with Crippen molar-refractivity contribution in [3.8, 4) is 0 Å². The Morgan fingerprint density at radius 3 is 2.08 bits per heavy atom. The summed E-state index contributed by atoms with van der Waals surface area (Å²) < 4.78 is 26.9. The van der Waals surface area contributed by atoms with Gasteiger partial charge in [-0.1, -0.05) is 60.2 Å². The average molecular weight is 344 g/mol. The minimum Gasteiger partial charge on any atom is -0.296 e. The van der Waals surface area contributed by atoms with Crippen molar-refractivity contribution in [3.05, 3.63) is 71.3 Å². The number of nitrogens with zero attached hydrogens (tertiary/aromatic N) is 2. The highest BCUT2D eigenvalue weighted by Gasteiger charge is 2.26. The molecule has 1 aliphatic heterocycles. The van der Waals surface area contributed by atoms with Gasteiger partial charge in [-0.3, -0.25) is 4.90 Å². The number of rotatable bonds is 5. The first-order valence-electron chi connectivity index (χ1n) is 8.32. The largest absolute Gasteiger partial charge is 0.296 e. The number of hydrogen-bond acceptors (Lipinski definition) is 3. The van der Waals surface area contributed by atoms with Gasteiger partial charge in [0.1, 0.15) is 0 Å². The SMILES string of the molecule is Cc1ccc(CS(=O)(=O)N2CCN(Cc3ccccc3)CC2)cc1. The fourth-order valence-electron chi connectivity index (χ4n) is 2.99. The van der Waals surface area contributed by atoms with Gasteiger partial charge in [-0.2, -0.15) is 4.31 Å². The van der Waals surface area contributed by atoms with E-state index in [4.69, 9.17) is 0 Å². The van der Waals surface area contributed by atoms with Gasteiger partial charge in [-0.05, 0) is 18.1 Å². The van der Waals surface area contributed by atoms with Gasteiger partial charge in [0.15, 0.2) is 0 Å². The molecule has 0 radical (unpaired) electrons. The highest BCUT2D eigenvalue weighted by Crippen LogP contribution is 2.15. The molecule has 2 aromatic rings. The first kappa shape index (κ1) is 17.1. The summed E-state index contributed by atoms with van der Waals surface area (Å²) in [7, 11) is -3.24. The van der Waals surface area contributed by atoms with E-state index in [-0.39, 0.29) is 5.75 Å². The predicted octanol–water partition coefficient (Wildman–Crippen LogP) is 2.64. The highest BCUT2D eigenvalue weighted by atomic mass is 32.2. The van der Waals surface area contributed by atoms with E-state index in [0.717, 1.165) is 30.8 Å². The predicted molar refractivity (Wildman–Crippen MR) is 97.1 cm³/mol. The molecule has 0 spiro atoms. The maximum Gasteiger partial charge on any atom is 0.218 e. The topological polar surface area (TPSA) is 40.6 Å². The molecule has 1 aliphatic rings. The van der Waals surface area contributed by atoms with E-state index in [9.17, 15) is 8.42 Å². The maximum absolute atomic E-state index is 12.6. The molecule has 3 rings (SSSR count).